The first kappa shape index (κ1) is 20.6. The number of halogens is 2. The van der Waals surface area contributed by atoms with Gasteiger partial charge in [-0.1, -0.05) is 51.1 Å². The van der Waals surface area contributed by atoms with Gasteiger partial charge in [0.15, 0.2) is 0 Å². The largest absolute Gasteiger partial charge is 0.345 e. The Labute approximate surface area is 156 Å². The molecule has 1 heterocycles. The van der Waals surface area contributed by atoms with E-state index in [0.29, 0.717) is 13.0 Å². The monoisotopic (exact) mass is 362 g/mol. The number of benzene rings is 1. The normalized spacial score (nSPS) is 15.7. The van der Waals surface area contributed by atoms with Crippen molar-refractivity contribution in [3.8, 4) is 0 Å². The molecule has 0 aliphatic heterocycles. The van der Waals surface area contributed by atoms with Gasteiger partial charge < -0.3 is 10.3 Å². The van der Waals surface area contributed by atoms with Crippen LogP contribution in [0.15, 0.2) is 42.6 Å². The van der Waals surface area contributed by atoms with E-state index in [-0.39, 0.29) is 24.3 Å². The predicted octanol–water partition coefficient (Wildman–Crippen LogP) is 5.60. The molecular weight excluding hydrogens is 330 g/mol. The molecule has 2 rings (SSSR count). The van der Waals surface area contributed by atoms with Crippen molar-refractivity contribution in [3.63, 3.8) is 0 Å². The van der Waals surface area contributed by atoms with Crippen LogP contribution in [-0.2, 0) is 13.0 Å². The smallest absolute Gasteiger partial charge is 0.104 e. The molecule has 144 valence electrons. The lowest BCUT2D eigenvalue weighted by atomic mass is 9.85. The van der Waals surface area contributed by atoms with Crippen LogP contribution in [0.4, 0.5) is 8.78 Å². The van der Waals surface area contributed by atoms with Crippen molar-refractivity contribution in [1.82, 2.24) is 4.57 Å². The second kappa shape index (κ2) is 8.81. The van der Waals surface area contributed by atoms with Crippen molar-refractivity contribution >= 4 is 0 Å². The summed E-state index contributed by atoms with van der Waals surface area (Å²) >= 11 is 0. The summed E-state index contributed by atoms with van der Waals surface area (Å²) in [4.78, 5) is 0. The van der Waals surface area contributed by atoms with E-state index in [2.05, 4.69) is 37.5 Å². The third-order valence-corrected chi connectivity index (χ3v) is 4.77. The Bertz CT molecular complexity index is 671. The Morgan fingerprint density at radius 1 is 1.04 bits per heavy atom. The first-order valence-corrected chi connectivity index (χ1v) is 9.43. The Kier molecular flexibility index (Phi) is 6.99. The zero-order valence-electron chi connectivity index (χ0n) is 16.4. The molecule has 0 amide bonds. The highest BCUT2D eigenvalue weighted by Gasteiger charge is 2.26. The van der Waals surface area contributed by atoms with Crippen molar-refractivity contribution < 1.29 is 8.78 Å². The molecule has 1 aromatic heterocycles. The Balaban J connectivity index is 2.22. The summed E-state index contributed by atoms with van der Waals surface area (Å²) in [7, 11) is 0. The van der Waals surface area contributed by atoms with Gasteiger partial charge in [-0.25, -0.2) is 8.78 Å². The fourth-order valence-corrected chi connectivity index (χ4v) is 3.09. The second-order valence-corrected chi connectivity index (χ2v) is 8.39. The fourth-order valence-electron chi connectivity index (χ4n) is 3.09. The predicted molar refractivity (Wildman–Crippen MR) is 105 cm³/mol. The summed E-state index contributed by atoms with van der Waals surface area (Å²) in [6.45, 7) is 8.51. The molecule has 0 aliphatic rings. The van der Waals surface area contributed by atoms with Crippen LogP contribution >= 0.6 is 0 Å². The Morgan fingerprint density at radius 3 is 2.27 bits per heavy atom. The molecule has 2 nitrogen and oxygen atoms in total. The van der Waals surface area contributed by atoms with E-state index in [0.717, 1.165) is 11.3 Å². The number of rotatable bonds is 8. The van der Waals surface area contributed by atoms with Gasteiger partial charge in [0.25, 0.3) is 0 Å². The van der Waals surface area contributed by atoms with Crippen LogP contribution in [0.2, 0.25) is 0 Å². The summed E-state index contributed by atoms with van der Waals surface area (Å²) in [5, 5.41) is 0. The van der Waals surface area contributed by atoms with Gasteiger partial charge in [0.2, 0.25) is 0 Å². The van der Waals surface area contributed by atoms with E-state index in [1.807, 2.05) is 30.5 Å². The first-order chi connectivity index (χ1) is 12.2. The van der Waals surface area contributed by atoms with Crippen LogP contribution in [0.3, 0.4) is 0 Å². The van der Waals surface area contributed by atoms with Crippen molar-refractivity contribution in [2.45, 2.75) is 71.9 Å². The molecule has 26 heavy (non-hydrogen) atoms. The number of nitrogens with two attached hydrogens (primary N) is 1. The number of nitrogens with zero attached hydrogens (tertiary/aromatic N) is 1. The summed E-state index contributed by atoms with van der Waals surface area (Å²) in [5.41, 5.74) is 9.53. The number of hydrogen-bond donors (Lipinski definition) is 1. The molecule has 4 heteroatoms. The number of alkyl halides is 2. The quantitative estimate of drug-likeness (QED) is 0.651. The standard InChI is InChI=1S/C22H32F2N2/c1-16(23)10-11-19(24)12-18-13-20(21(25)22(2,3)4)26(15-18)14-17-8-6-5-7-9-17/h5-9,13,15-16,19,21H,10-12,14,25H2,1-4H3. The van der Waals surface area contributed by atoms with E-state index < -0.39 is 12.3 Å². The molecule has 2 aromatic rings. The molecule has 0 aliphatic carbocycles. The van der Waals surface area contributed by atoms with E-state index in [1.54, 1.807) is 0 Å². The van der Waals surface area contributed by atoms with Crippen LogP contribution in [0, 0.1) is 5.41 Å². The summed E-state index contributed by atoms with van der Waals surface area (Å²) in [5.74, 6) is 0. The molecule has 0 radical (unpaired) electrons. The molecule has 0 bridgehead atoms. The topological polar surface area (TPSA) is 30.9 Å². The van der Waals surface area contributed by atoms with Crippen LogP contribution < -0.4 is 5.73 Å². The second-order valence-electron chi connectivity index (χ2n) is 8.39. The average Bonchev–Trinajstić information content (AvgIpc) is 2.94. The fraction of sp³-hybridized carbons (Fsp3) is 0.545. The van der Waals surface area contributed by atoms with Crippen LogP contribution in [0.25, 0.3) is 0 Å². The lowest BCUT2D eigenvalue weighted by Crippen LogP contribution is -2.28. The summed E-state index contributed by atoms with van der Waals surface area (Å²) < 4.78 is 29.3. The highest BCUT2D eigenvalue weighted by atomic mass is 19.1. The maximum absolute atomic E-state index is 14.2. The minimum Gasteiger partial charge on any atom is -0.345 e. The van der Waals surface area contributed by atoms with Crippen LogP contribution in [0.5, 0.6) is 0 Å². The average molecular weight is 363 g/mol. The van der Waals surface area contributed by atoms with Gasteiger partial charge in [0, 0.05) is 30.9 Å². The zero-order valence-corrected chi connectivity index (χ0v) is 16.4. The summed E-state index contributed by atoms with van der Waals surface area (Å²) in [6.07, 6.45) is 0.834. The maximum Gasteiger partial charge on any atom is 0.104 e. The van der Waals surface area contributed by atoms with Gasteiger partial charge >= 0.3 is 0 Å². The molecule has 3 atom stereocenters. The van der Waals surface area contributed by atoms with Gasteiger partial charge in [-0.3, -0.25) is 0 Å². The molecule has 1 aromatic carbocycles. The minimum atomic E-state index is -1.03. The third-order valence-electron chi connectivity index (χ3n) is 4.77. The molecule has 0 saturated carbocycles. The molecule has 0 saturated heterocycles. The van der Waals surface area contributed by atoms with Gasteiger partial charge in [-0.2, -0.15) is 0 Å². The van der Waals surface area contributed by atoms with Gasteiger partial charge in [0.1, 0.15) is 6.17 Å². The third kappa shape index (κ3) is 5.94. The van der Waals surface area contributed by atoms with Crippen LogP contribution in [-0.4, -0.2) is 16.9 Å². The van der Waals surface area contributed by atoms with Crippen molar-refractivity contribution in [2.24, 2.45) is 11.1 Å². The zero-order chi connectivity index (χ0) is 19.3. The van der Waals surface area contributed by atoms with Crippen molar-refractivity contribution in [3.05, 3.63) is 59.4 Å². The van der Waals surface area contributed by atoms with E-state index in [4.69, 9.17) is 5.73 Å². The van der Waals surface area contributed by atoms with Gasteiger partial charge in [-0.15, -0.1) is 0 Å². The van der Waals surface area contributed by atoms with Gasteiger partial charge in [-0.05, 0) is 42.4 Å². The first-order valence-electron chi connectivity index (χ1n) is 9.43. The molecule has 2 N–H and O–H groups in total. The lowest BCUT2D eigenvalue weighted by molar-refractivity contribution is 0.258. The van der Waals surface area contributed by atoms with Crippen LogP contribution in [0.1, 0.15) is 63.4 Å². The summed E-state index contributed by atoms with van der Waals surface area (Å²) in [6, 6.07) is 12.0. The Hall–Kier alpha value is -1.68. The lowest BCUT2D eigenvalue weighted by Gasteiger charge is -2.28. The van der Waals surface area contributed by atoms with E-state index >= 15 is 0 Å². The van der Waals surface area contributed by atoms with E-state index in [9.17, 15) is 8.78 Å². The molecule has 0 fully saturated rings. The molecule has 3 unspecified atom stereocenters. The maximum atomic E-state index is 14.2. The molecule has 0 spiro atoms. The Morgan fingerprint density at radius 2 is 1.69 bits per heavy atom. The number of hydrogen-bond acceptors (Lipinski definition) is 1. The highest BCUT2D eigenvalue weighted by Crippen LogP contribution is 2.32. The number of aromatic nitrogens is 1. The molecular formula is C22H32F2N2. The minimum absolute atomic E-state index is 0.0944. The SMILES string of the molecule is CC(F)CCC(F)Cc1cc(C(N)C(C)(C)C)n(Cc2ccccc2)c1. The van der Waals surface area contributed by atoms with Gasteiger partial charge in [0.05, 0.1) is 6.17 Å². The highest BCUT2D eigenvalue weighted by molar-refractivity contribution is 5.26. The van der Waals surface area contributed by atoms with Crippen molar-refractivity contribution in [1.29, 1.82) is 0 Å². The van der Waals surface area contributed by atoms with Crippen molar-refractivity contribution in [2.75, 3.05) is 0 Å². The van der Waals surface area contributed by atoms with E-state index in [1.165, 1.54) is 12.5 Å².